The van der Waals surface area contributed by atoms with E-state index in [9.17, 15) is 18.0 Å². The van der Waals surface area contributed by atoms with Gasteiger partial charge in [-0.15, -0.1) is 13.2 Å². The molecule has 196 valence electrons. The van der Waals surface area contributed by atoms with Crippen molar-refractivity contribution in [1.82, 2.24) is 10.1 Å². The van der Waals surface area contributed by atoms with E-state index in [-0.39, 0.29) is 23.3 Å². The summed E-state index contributed by atoms with van der Waals surface area (Å²) in [7, 11) is 0. The van der Waals surface area contributed by atoms with Crippen molar-refractivity contribution in [2.75, 3.05) is 25.0 Å². The molecule has 0 aliphatic carbocycles. The van der Waals surface area contributed by atoms with Gasteiger partial charge in [0.05, 0.1) is 17.9 Å². The Morgan fingerprint density at radius 2 is 1.84 bits per heavy atom. The predicted octanol–water partition coefficient (Wildman–Crippen LogP) is 6.43. The van der Waals surface area contributed by atoms with E-state index in [1.807, 2.05) is 26.0 Å². The van der Waals surface area contributed by atoms with Crippen LogP contribution in [0.1, 0.15) is 42.0 Å². The Kier molecular flexibility index (Phi) is 6.61. The van der Waals surface area contributed by atoms with Crippen molar-refractivity contribution in [2.24, 2.45) is 0 Å². The molecule has 1 atom stereocenters. The quantitative estimate of drug-likeness (QED) is 0.434. The Balaban J connectivity index is 1.19. The van der Waals surface area contributed by atoms with E-state index in [1.54, 1.807) is 17.0 Å². The number of rotatable bonds is 4. The molecule has 1 unspecified atom stereocenters. The van der Waals surface area contributed by atoms with Crippen molar-refractivity contribution in [3.63, 3.8) is 0 Å². The molecule has 37 heavy (non-hydrogen) atoms. The number of carbonyl (C=O) groups is 1. The molecular weight excluding hydrogens is 487 g/mol. The van der Waals surface area contributed by atoms with E-state index in [4.69, 9.17) is 9.26 Å². The summed E-state index contributed by atoms with van der Waals surface area (Å²) in [6, 6.07) is 13.7. The molecular formula is C27H28F3N3O4. The van der Waals surface area contributed by atoms with Gasteiger partial charge in [-0.2, -0.15) is 0 Å². The number of nitrogens with zero attached hydrogens (tertiary/aromatic N) is 2. The first-order valence-corrected chi connectivity index (χ1v) is 12.2. The minimum atomic E-state index is -4.71. The highest BCUT2D eigenvalue weighted by molar-refractivity contribution is 5.88. The van der Waals surface area contributed by atoms with Crippen LogP contribution in [0.2, 0.25) is 0 Å². The number of carbonyl (C=O) groups excluding carboxylic acids is 1. The average molecular weight is 516 g/mol. The van der Waals surface area contributed by atoms with E-state index in [1.165, 1.54) is 12.1 Å². The summed E-state index contributed by atoms with van der Waals surface area (Å²) in [5, 5.41) is 6.68. The van der Waals surface area contributed by atoms with Crippen molar-refractivity contribution in [1.29, 1.82) is 0 Å². The Hall–Kier alpha value is -3.53. The summed E-state index contributed by atoms with van der Waals surface area (Å²) in [6.07, 6.45) is -2.38. The summed E-state index contributed by atoms with van der Waals surface area (Å²) < 4.78 is 52.8. The number of anilines is 1. The molecule has 3 heterocycles. The lowest BCUT2D eigenvalue weighted by molar-refractivity contribution is -0.274. The van der Waals surface area contributed by atoms with E-state index in [0.717, 1.165) is 47.2 Å². The summed E-state index contributed by atoms with van der Waals surface area (Å²) >= 11 is 0. The van der Waals surface area contributed by atoms with E-state index >= 15 is 0 Å². The molecule has 10 heteroatoms. The van der Waals surface area contributed by atoms with Gasteiger partial charge >= 0.3 is 12.4 Å². The molecule has 1 spiro atoms. The van der Waals surface area contributed by atoms with Crippen molar-refractivity contribution < 1.29 is 32.0 Å². The highest BCUT2D eigenvalue weighted by Crippen LogP contribution is 2.43. The number of benzene rings is 2. The maximum Gasteiger partial charge on any atom is 0.573 e. The Labute approximate surface area is 212 Å². The third-order valence-electron chi connectivity index (χ3n) is 7.33. The Morgan fingerprint density at radius 3 is 2.49 bits per heavy atom. The van der Waals surface area contributed by atoms with Crippen LogP contribution in [0.5, 0.6) is 5.75 Å². The van der Waals surface area contributed by atoms with E-state index in [0.29, 0.717) is 25.6 Å². The van der Waals surface area contributed by atoms with Gasteiger partial charge in [-0.25, -0.2) is 4.79 Å². The summed E-state index contributed by atoms with van der Waals surface area (Å²) in [5.41, 5.74) is 4.14. The van der Waals surface area contributed by atoms with Crippen molar-refractivity contribution in [3.8, 4) is 16.9 Å². The molecule has 2 saturated heterocycles. The van der Waals surface area contributed by atoms with E-state index in [2.05, 4.69) is 27.3 Å². The number of ether oxygens (including phenoxy) is 2. The molecule has 0 radical (unpaired) electrons. The van der Waals surface area contributed by atoms with Crippen molar-refractivity contribution >= 4 is 11.9 Å². The fourth-order valence-corrected chi connectivity index (χ4v) is 5.05. The number of likely N-dealkylation sites (tertiary alicyclic amines) is 1. The largest absolute Gasteiger partial charge is 0.573 e. The van der Waals surface area contributed by atoms with Crippen LogP contribution in [-0.2, 0) is 4.74 Å². The molecule has 2 aromatic carbocycles. The van der Waals surface area contributed by atoms with Crippen LogP contribution in [0.4, 0.5) is 23.8 Å². The van der Waals surface area contributed by atoms with Gasteiger partial charge in [-0.3, -0.25) is 5.32 Å². The lowest BCUT2D eigenvalue weighted by Crippen LogP contribution is -2.47. The lowest BCUT2D eigenvalue weighted by atomic mass is 9.83. The summed E-state index contributed by atoms with van der Waals surface area (Å²) in [4.78, 5) is 14.5. The SMILES string of the molecule is Cc1noc(NC(=O)N2CCC3(CC2)CC(c2cccc(-c4ccc(OC(F)(F)F)cc4)c2)CO3)c1C. The van der Waals surface area contributed by atoms with Gasteiger partial charge in [0, 0.05) is 24.6 Å². The molecule has 2 amide bonds. The summed E-state index contributed by atoms with van der Waals surface area (Å²) in [6.45, 7) is 5.43. The number of halogens is 3. The first kappa shape index (κ1) is 25.1. The second-order valence-corrected chi connectivity index (χ2v) is 9.73. The highest BCUT2D eigenvalue weighted by Gasteiger charge is 2.44. The minimum absolute atomic E-state index is 0.202. The van der Waals surface area contributed by atoms with Crippen LogP contribution in [0, 0.1) is 13.8 Å². The van der Waals surface area contributed by atoms with Crippen molar-refractivity contribution in [2.45, 2.75) is 51.0 Å². The number of aryl methyl sites for hydroxylation is 1. The first-order chi connectivity index (χ1) is 17.6. The fourth-order valence-electron chi connectivity index (χ4n) is 5.05. The number of amides is 2. The van der Waals surface area contributed by atoms with Gasteiger partial charge in [0.25, 0.3) is 0 Å². The summed E-state index contributed by atoms with van der Waals surface area (Å²) in [5.74, 6) is 0.333. The van der Waals surface area contributed by atoms with Crippen LogP contribution < -0.4 is 10.1 Å². The standard InChI is InChI=1S/C27H28F3N3O4/c1-17-18(2)32-37-24(17)31-25(34)33-12-10-26(11-13-33)15-22(16-35-26)21-5-3-4-20(14-21)19-6-8-23(9-7-19)36-27(28,29)30/h3-9,14,22H,10-13,15-16H2,1-2H3,(H,31,34). The normalized spacial score (nSPS) is 19.3. The molecule has 2 aliphatic heterocycles. The molecule has 0 bridgehead atoms. The maximum atomic E-state index is 12.7. The molecule has 1 N–H and O–H groups in total. The number of piperidine rings is 1. The predicted molar refractivity (Wildman–Crippen MR) is 130 cm³/mol. The fraction of sp³-hybridized carbons (Fsp3) is 0.407. The molecule has 5 rings (SSSR count). The van der Waals surface area contributed by atoms with Crippen LogP contribution in [0.15, 0.2) is 53.1 Å². The monoisotopic (exact) mass is 515 g/mol. The molecule has 3 aromatic rings. The van der Waals surface area contributed by atoms with Gasteiger partial charge in [0.2, 0.25) is 5.88 Å². The zero-order valence-electron chi connectivity index (χ0n) is 20.6. The average Bonchev–Trinajstić information content (AvgIpc) is 3.42. The molecule has 7 nitrogen and oxygen atoms in total. The Bertz CT molecular complexity index is 1260. The topological polar surface area (TPSA) is 76.8 Å². The smallest absolute Gasteiger partial charge is 0.406 e. The second kappa shape index (κ2) is 9.74. The molecule has 1 aromatic heterocycles. The van der Waals surface area contributed by atoms with Crippen LogP contribution in [0.3, 0.4) is 0 Å². The zero-order chi connectivity index (χ0) is 26.2. The number of urea groups is 1. The van der Waals surface area contributed by atoms with Crippen molar-refractivity contribution in [3.05, 3.63) is 65.4 Å². The zero-order valence-corrected chi connectivity index (χ0v) is 20.6. The van der Waals surface area contributed by atoms with Gasteiger partial charge in [0.15, 0.2) is 0 Å². The maximum absolute atomic E-state index is 12.7. The van der Waals surface area contributed by atoms with Crippen LogP contribution in [0.25, 0.3) is 11.1 Å². The number of aromatic nitrogens is 1. The Morgan fingerprint density at radius 1 is 1.11 bits per heavy atom. The first-order valence-electron chi connectivity index (χ1n) is 12.2. The minimum Gasteiger partial charge on any atom is -0.406 e. The van der Waals surface area contributed by atoms with Crippen LogP contribution in [-0.4, -0.2) is 47.7 Å². The molecule has 2 fully saturated rings. The highest BCUT2D eigenvalue weighted by atomic mass is 19.4. The third-order valence-corrected chi connectivity index (χ3v) is 7.33. The number of hydrogen-bond acceptors (Lipinski definition) is 5. The lowest BCUT2D eigenvalue weighted by Gasteiger charge is -2.38. The van der Waals surface area contributed by atoms with Gasteiger partial charge in [-0.05, 0) is 61.9 Å². The van der Waals surface area contributed by atoms with Gasteiger partial charge in [0.1, 0.15) is 5.75 Å². The second-order valence-electron chi connectivity index (χ2n) is 9.73. The molecule has 2 aliphatic rings. The number of alkyl halides is 3. The van der Waals surface area contributed by atoms with Gasteiger partial charge in [-0.1, -0.05) is 41.6 Å². The number of nitrogens with one attached hydrogen (secondary N) is 1. The van der Waals surface area contributed by atoms with Gasteiger partial charge < -0.3 is 18.9 Å². The third kappa shape index (κ3) is 5.58. The van der Waals surface area contributed by atoms with E-state index < -0.39 is 6.36 Å². The molecule has 0 saturated carbocycles. The van der Waals surface area contributed by atoms with Crippen LogP contribution >= 0.6 is 0 Å². The number of hydrogen-bond donors (Lipinski definition) is 1.